The monoisotopic (exact) mass is 375 g/mol. The summed E-state index contributed by atoms with van der Waals surface area (Å²) in [4.78, 5) is 12.5. The SMILES string of the molecule is O=C(NCC1CNC1)c1nnn(-c2ccc(Br)cc2)c1C1CC1. The summed E-state index contributed by atoms with van der Waals surface area (Å²) in [6.45, 7) is 2.64. The van der Waals surface area contributed by atoms with Gasteiger partial charge in [0.2, 0.25) is 0 Å². The summed E-state index contributed by atoms with van der Waals surface area (Å²) in [7, 11) is 0. The summed E-state index contributed by atoms with van der Waals surface area (Å²) >= 11 is 3.44. The Morgan fingerprint density at radius 1 is 1.30 bits per heavy atom. The first kappa shape index (κ1) is 14.8. The van der Waals surface area contributed by atoms with Crippen LogP contribution in [0.2, 0.25) is 0 Å². The molecule has 1 aromatic heterocycles. The molecule has 7 heteroatoms. The van der Waals surface area contributed by atoms with Crippen molar-refractivity contribution in [2.75, 3.05) is 19.6 Å². The van der Waals surface area contributed by atoms with Gasteiger partial charge in [-0.15, -0.1) is 5.10 Å². The van der Waals surface area contributed by atoms with Crippen LogP contribution in [-0.2, 0) is 0 Å². The van der Waals surface area contributed by atoms with E-state index in [2.05, 4.69) is 36.9 Å². The second kappa shape index (κ2) is 6.05. The zero-order valence-corrected chi connectivity index (χ0v) is 14.2. The normalized spacial score (nSPS) is 17.8. The molecule has 2 aliphatic rings. The predicted octanol–water partition coefficient (Wildman–Crippen LogP) is 1.86. The summed E-state index contributed by atoms with van der Waals surface area (Å²) in [5.74, 6) is 0.812. The van der Waals surface area contributed by atoms with Crippen molar-refractivity contribution < 1.29 is 4.79 Å². The third kappa shape index (κ3) is 3.03. The van der Waals surface area contributed by atoms with Gasteiger partial charge in [-0.25, -0.2) is 4.68 Å². The van der Waals surface area contributed by atoms with Crippen LogP contribution in [-0.4, -0.2) is 40.5 Å². The third-order valence-corrected chi connectivity index (χ3v) is 4.90. The van der Waals surface area contributed by atoms with Crippen molar-refractivity contribution in [3.05, 3.63) is 40.1 Å². The van der Waals surface area contributed by atoms with Gasteiger partial charge in [0.05, 0.1) is 11.4 Å². The Hall–Kier alpha value is -1.73. The van der Waals surface area contributed by atoms with Crippen LogP contribution in [0.3, 0.4) is 0 Å². The fraction of sp³-hybridized carbons (Fsp3) is 0.438. The molecule has 1 amide bonds. The van der Waals surface area contributed by atoms with E-state index < -0.39 is 0 Å². The fourth-order valence-electron chi connectivity index (χ4n) is 2.76. The number of nitrogens with zero attached hydrogens (tertiary/aromatic N) is 3. The van der Waals surface area contributed by atoms with Crippen LogP contribution in [0.15, 0.2) is 28.7 Å². The number of carbonyl (C=O) groups is 1. The molecule has 2 fully saturated rings. The number of hydrogen-bond acceptors (Lipinski definition) is 4. The minimum Gasteiger partial charge on any atom is -0.350 e. The van der Waals surface area contributed by atoms with Crippen LogP contribution >= 0.6 is 15.9 Å². The van der Waals surface area contributed by atoms with Crippen molar-refractivity contribution >= 4 is 21.8 Å². The van der Waals surface area contributed by atoms with E-state index in [0.717, 1.165) is 41.8 Å². The van der Waals surface area contributed by atoms with Crippen LogP contribution in [0.4, 0.5) is 0 Å². The van der Waals surface area contributed by atoms with E-state index in [4.69, 9.17) is 0 Å². The van der Waals surface area contributed by atoms with Crippen LogP contribution in [0.1, 0.15) is 34.9 Å². The number of amides is 1. The number of aromatic nitrogens is 3. The maximum atomic E-state index is 12.5. The number of hydrogen-bond donors (Lipinski definition) is 2. The molecule has 0 unspecified atom stereocenters. The standard InChI is InChI=1S/C16H18BrN5O/c17-12-3-5-13(6-4-12)22-15(11-1-2-11)14(20-21-22)16(23)19-9-10-7-18-8-10/h3-6,10-11,18H,1-2,7-9H2,(H,19,23). The second-order valence-electron chi connectivity index (χ2n) is 6.22. The van der Waals surface area contributed by atoms with E-state index in [1.54, 1.807) is 0 Å². The highest BCUT2D eigenvalue weighted by Crippen LogP contribution is 2.42. The number of benzene rings is 1. The van der Waals surface area contributed by atoms with E-state index in [0.29, 0.717) is 24.1 Å². The minimum atomic E-state index is -0.109. The first-order valence-electron chi connectivity index (χ1n) is 7.93. The molecule has 6 nitrogen and oxygen atoms in total. The second-order valence-corrected chi connectivity index (χ2v) is 7.14. The predicted molar refractivity (Wildman–Crippen MR) is 89.7 cm³/mol. The van der Waals surface area contributed by atoms with E-state index in [1.807, 2.05) is 28.9 Å². The van der Waals surface area contributed by atoms with Crippen molar-refractivity contribution in [3.63, 3.8) is 0 Å². The van der Waals surface area contributed by atoms with E-state index in [1.165, 1.54) is 0 Å². The van der Waals surface area contributed by atoms with Crippen LogP contribution < -0.4 is 10.6 Å². The molecule has 1 aliphatic carbocycles. The number of nitrogens with one attached hydrogen (secondary N) is 2. The molecule has 1 aliphatic heterocycles. The van der Waals surface area contributed by atoms with Gasteiger partial charge in [-0.1, -0.05) is 21.1 Å². The van der Waals surface area contributed by atoms with Gasteiger partial charge in [-0.05, 0) is 37.1 Å². The van der Waals surface area contributed by atoms with Crippen molar-refractivity contribution in [2.45, 2.75) is 18.8 Å². The Labute approximate surface area is 142 Å². The van der Waals surface area contributed by atoms with Crippen molar-refractivity contribution in [2.24, 2.45) is 5.92 Å². The van der Waals surface area contributed by atoms with Crippen molar-refractivity contribution in [1.82, 2.24) is 25.6 Å². The first-order chi connectivity index (χ1) is 11.2. The molecule has 4 rings (SSSR count). The highest BCUT2D eigenvalue weighted by Gasteiger charge is 2.34. The van der Waals surface area contributed by atoms with E-state index >= 15 is 0 Å². The smallest absolute Gasteiger partial charge is 0.273 e. The quantitative estimate of drug-likeness (QED) is 0.836. The Bertz CT molecular complexity index is 719. The molecule has 1 saturated heterocycles. The lowest BCUT2D eigenvalue weighted by Gasteiger charge is -2.26. The van der Waals surface area contributed by atoms with Gasteiger partial charge in [0.1, 0.15) is 0 Å². The molecular weight excluding hydrogens is 358 g/mol. The molecule has 0 bridgehead atoms. The molecular formula is C16H18BrN5O. The molecule has 2 aromatic rings. The van der Waals surface area contributed by atoms with E-state index in [9.17, 15) is 4.79 Å². The zero-order valence-electron chi connectivity index (χ0n) is 12.6. The minimum absolute atomic E-state index is 0.109. The van der Waals surface area contributed by atoms with Gasteiger partial charge in [-0.3, -0.25) is 4.79 Å². The third-order valence-electron chi connectivity index (χ3n) is 4.37. The molecule has 2 N–H and O–H groups in total. The largest absolute Gasteiger partial charge is 0.350 e. The summed E-state index contributed by atoms with van der Waals surface area (Å²) < 4.78 is 2.82. The van der Waals surface area contributed by atoms with Gasteiger partial charge in [0.25, 0.3) is 5.91 Å². The average molecular weight is 376 g/mol. The van der Waals surface area contributed by atoms with Gasteiger partial charge < -0.3 is 10.6 Å². The Morgan fingerprint density at radius 2 is 2.04 bits per heavy atom. The molecule has 0 spiro atoms. The molecule has 0 radical (unpaired) electrons. The van der Waals surface area contributed by atoms with Gasteiger partial charge in [-0.2, -0.15) is 0 Å². The van der Waals surface area contributed by atoms with Crippen molar-refractivity contribution in [1.29, 1.82) is 0 Å². The average Bonchev–Trinajstić information content (AvgIpc) is 3.25. The number of carbonyl (C=O) groups excluding carboxylic acids is 1. The fourth-order valence-corrected chi connectivity index (χ4v) is 3.02. The Balaban J connectivity index is 1.59. The summed E-state index contributed by atoms with van der Waals surface area (Å²) in [6, 6.07) is 7.90. The molecule has 120 valence electrons. The zero-order chi connectivity index (χ0) is 15.8. The van der Waals surface area contributed by atoms with Gasteiger partial charge >= 0.3 is 0 Å². The highest BCUT2D eigenvalue weighted by atomic mass is 79.9. The van der Waals surface area contributed by atoms with Crippen LogP contribution in [0, 0.1) is 5.92 Å². The first-order valence-corrected chi connectivity index (χ1v) is 8.72. The number of halogens is 1. The maximum absolute atomic E-state index is 12.5. The highest BCUT2D eigenvalue weighted by molar-refractivity contribution is 9.10. The lowest BCUT2D eigenvalue weighted by molar-refractivity contribution is 0.0936. The van der Waals surface area contributed by atoms with Crippen LogP contribution in [0.5, 0.6) is 0 Å². The van der Waals surface area contributed by atoms with Gasteiger partial charge in [0, 0.05) is 35.9 Å². The number of rotatable bonds is 5. The lowest BCUT2D eigenvalue weighted by atomic mass is 10.0. The molecule has 2 heterocycles. The molecule has 1 saturated carbocycles. The molecule has 0 atom stereocenters. The Kier molecular flexibility index (Phi) is 3.90. The molecule has 23 heavy (non-hydrogen) atoms. The summed E-state index contributed by atoms with van der Waals surface area (Å²) in [5, 5.41) is 14.6. The molecule has 1 aromatic carbocycles. The van der Waals surface area contributed by atoms with Gasteiger partial charge in [0.15, 0.2) is 5.69 Å². The van der Waals surface area contributed by atoms with Crippen LogP contribution in [0.25, 0.3) is 5.69 Å². The summed E-state index contributed by atoms with van der Waals surface area (Å²) in [6.07, 6.45) is 2.19. The summed E-state index contributed by atoms with van der Waals surface area (Å²) in [5.41, 5.74) is 2.35. The topological polar surface area (TPSA) is 71.8 Å². The lowest BCUT2D eigenvalue weighted by Crippen LogP contribution is -2.48. The Morgan fingerprint density at radius 3 is 2.65 bits per heavy atom. The van der Waals surface area contributed by atoms with E-state index in [-0.39, 0.29) is 5.91 Å². The maximum Gasteiger partial charge on any atom is 0.273 e. The van der Waals surface area contributed by atoms with Crippen molar-refractivity contribution in [3.8, 4) is 5.69 Å².